The molecule has 0 rings (SSSR count). The third-order valence-electron chi connectivity index (χ3n) is 4.67. The maximum atomic E-state index is 11.8. The van der Waals surface area contributed by atoms with Crippen molar-refractivity contribution in [3.63, 3.8) is 0 Å². The van der Waals surface area contributed by atoms with Crippen LogP contribution in [0.25, 0.3) is 0 Å². The smallest absolute Gasteiger partial charge is 0.314 e. The van der Waals surface area contributed by atoms with Crippen LogP contribution >= 0.6 is 0 Å². The van der Waals surface area contributed by atoms with Crippen LogP contribution in [-0.2, 0) is 0 Å². The zero-order valence-electron chi connectivity index (χ0n) is 15.5. The molecule has 0 aliphatic heterocycles. The summed E-state index contributed by atoms with van der Waals surface area (Å²) in [7, 11) is 2.06. The van der Waals surface area contributed by atoms with E-state index < -0.39 is 0 Å². The summed E-state index contributed by atoms with van der Waals surface area (Å²) >= 11 is 0. The van der Waals surface area contributed by atoms with Gasteiger partial charge in [0.1, 0.15) is 0 Å². The number of unbranched alkanes of at least 4 members (excludes halogenated alkanes) is 2. The van der Waals surface area contributed by atoms with E-state index in [9.17, 15) is 4.79 Å². The minimum absolute atomic E-state index is 0.0247. The monoisotopic (exact) mass is 313 g/mol. The number of carbonyl (C=O) groups excluding carboxylic acids is 1. The first-order valence-corrected chi connectivity index (χ1v) is 9.33. The first-order valence-electron chi connectivity index (χ1n) is 9.33. The molecule has 0 aromatic rings. The molecular formula is C18H39N3O. The van der Waals surface area contributed by atoms with E-state index in [0.717, 1.165) is 32.4 Å². The van der Waals surface area contributed by atoms with Gasteiger partial charge in [0, 0.05) is 19.1 Å². The minimum Gasteiger partial charge on any atom is -0.338 e. The van der Waals surface area contributed by atoms with Crippen LogP contribution in [-0.4, -0.2) is 32.2 Å². The third-order valence-corrected chi connectivity index (χ3v) is 4.67. The van der Waals surface area contributed by atoms with Crippen molar-refractivity contribution in [2.75, 3.05) is 20.1 Å². The van der Waals surface area contributed by atoms with Crippen molar-refractivity contribution in [3.05, 3.63) is 0 Å². The van der Waals surface area contributed by atoms with Gasteiger partial charge in [-0.1, -0.05) is 59.8 Å². The Hall–Kier alpha value is -0.770. The summed E-state index contributed by atoms with van der Waals surface area (Å²) in [5, 5.41) is 9.50. The van der Waals surface area contributed by atoms with E-state index in [-0.39, 0.29) is 6.03 Å². The molecule has 0 aromatic carbocycles. The van der Waals surface area contributed by atoms with E-state index >= 15 is 0 Å². The van der Waals surface area contributed by atoms with Crippen LogP contribution in [0.2, 0.25) is 0 Å². The predicted molar refractivity (Wildman–Crippen MR) is 96.2 cm³/mol. The van der Waals surface area contributed by atoms with Crippen LogP contribution in [0, 0.1) is 11.8 Å². The highest BCUT2D eigenvalue weighted by Crippen LogP contribution is 2.24. The van der Waals surface area contributed by atoms with E-state index in [4.69, 9.17) is 0 Å². The lowest BCUT2D eigenvalue weighted by molar-refractivity contribution is 0.220. The minimum atomic E-state index is -0.0247. The van der Waals surface area contributed by atoms with Crippen molar-refractivity contribution in [1.82, 2.24) is 16.0 Å². The zero-order chi connectivity index (χ0) is 16.8. The molecule has 0 radical (unpaired) electrons. The maximum Gasteiger partial charge on any atom is 0.314 e. The van der Waals surface area contributed by atoms with Gasteiger partial charge in [-0.3, -0.25) is 0 Å². The summed E-state index contributed by atoms with van der Waals surface area (Å²) in [6, 6.07) is 0.459. The molecule has 0 aliphatic rings. The second-order valence-electron chi connectivity index (χ2n) is 6.28. The summed E-state index contributed by atoms with van der Waals surface area (Å²) in [6.07, 6.45) is 8.25. The SMILES string of the molecule is CCCCNC(=O)NCC(CC)C(NC)C(CC)CCCC. The predicted octanol–water partition coefficient (Wildman–Crippen LogP) is 3.92. The quantitative estimate of drug-likeness (QED) is 0.451. The van der Waals surface area contributed by atoms with Crippen LogP contribution in [0.5, 0.6) is 0 Å². The molecule has 3 unspecified atom stereocenters. The first kappa shape index (κ1) is 21.2. The van der Waals surface area contributed by atoms with E-state index in [0.29, 0.717) is 17.9 Å². The largest absolute Gasteiger partial charge is 0.338 e. The van der Waals surface area contributed by atoms with Gasteiger partial charge in [0.25, 0.3) is 0 Å². The molecule has 4 heteroatoms. The lowest BCUT2D eigenvalue weighted by Crippen LogP contribution is -2.47. The molecule has 0 saturated heterocycles. The summed E-state index contributed by atoms with van der Waals surface area (Å²) in [6.45, 7) is 10.4. The van der Waals surface area contributed by atoms with Crippen molar-refractivity contribution in [2.24, 2.45) is 11.8 Å². The van der Waals surface area contributed by atoms with Gasteiger partial charge < -0.3 is 16.0 Å². The number of amides is 2. The van der Waals surface area contributed by atoms with Gasteiger partial charge in [0.2, 0.25) is 0 Å². The average Bonchev–Trinajstić information content (AvgIpc) is 2.53. The van der Waals surface area contributed by atoms with Gasteiger partial charge in [-0.25, -0.2) is 4.79 Å². The van der Waals surface area contributed by atoms with E-state index in [1.54, 1.807) is 0 Å². The zero-order valence-corrected chi connectivity index (χ0v) is 15.5. The second-order valence-corrected chi connectivity index (χ2v) is 6.28. The van der Waals surface area contributed by atoms with Crippen molar-refractivity contribution in [1.29, 1.82) is 0 Å². The highest BCUT2D eigenvalue weighted by atomic mass is 16.2. The van der Waals surface area contributed by atoms with Gasteiger partial charge in [-0.15, -0.1) is 0 Å². The Morgan fingerprint density at radius 2 is 1.55 bits per heavy atom. The highest BCUT2D eigenvalue weighted by molar-refractivity contribution is 5.73. The Balaban J connectivity index is 4.39. The molecule has 0 spiro atoms. The van der Waals surface area contributed by atoms with Crippen LogP contribution in [0.1, 0.15) is 72.6 Å². The average molecular weight is 314 g/mol. The van der Waals surface area contributed by atoms with Crippen molar-refractivity contribution < 1.29 is 4.79 Å². The number of nitrogens with one attached hydrogen (secondary N) is 3. The molecule has 132 valence electrons. The summed E-state index contributed by atoms with van der Waals surface area (Å²) in [4.78, 5) is 11.8. The van der Waals surface area contributed by atoms with Crippen molar-refractivity contribution in [2.45, 2.75) is 78.7 Å². The number of rotatable bonds is 13. The lowest BCUT2D eigenvalue weighted by Gasteiger charge is -2.33. The van der Waals surface area contributed by atoms with Gasteiger partial charge in [-0.05, 0) is 31.7 Å². The maximum absolute atomic E-state index is 11.8. The fourth-order valence-corrected chi connectivity index (χ4v) is 3.15. The second kappa shape index (κ2) is 13.9. The highest BCUT2D eigenvalue weighted by Gasteiger charge is 2.26. The van der Waals surface area contributed by atoms with Crippen LogP contribution in [0.3, 0.4) is 0 Å². The molecule has 0 bridgehead atoms. The molecule has 3 N–H and O–H groups in total. The molecule has 0 heterocycles. The Labute approximate surface area is 138 Å². The van der Waals surface area contributed by atoms with E-state index in [2.05, 4.69) is 50.7 Å². The normalized spacial score (nSPS) is 15.1. The van der Waals surface area contributed by atoms with Gasteiger partial charge in [0.05, 0.1) is 0 Å². The van der Waals surface area contributed by atoms with Crippen LogP contribution < -0.4 is 16.0 Å². The Bertz CT molecular complexity index is 271. The molecule has 0 aromatic heterocycles. The fraction of sp³-hybridized carbons (Fsp3) is 0.944. The number of hydrogen-bond acceptors (Lipinski definition) is 2. The Kier molecular flexibility index (Phi) is 13.4. The number of hydrogen-bond donors (Lipinski definition) is 3. The molecule has 0 saturated carbocycles. The molecule has 4 nitrogen and oxygen atoms in total. The molecule has 3 atom stereocenters. The van der Waals surface area contributed by atoms with E-state index in [1.165, 1.54) is 25.7 Å². The van der Waals surface area contributed by atoms with Crippen LogP contribution in [0.15, 0.2) is 0 Å². The van der Waals surface area contributed by atoms with E-state index in [1.807, 2.05) is 0 Å². The first-order chi connectivity index (χ1) is 10.6. The number of urea groups is 1. The molecule has 22 heavy (non-hydrogen) atoms. The Morgan fingerprint density at radius 3 is 2.05 bits per heavy atom. The van der Waals surface area contributed by atoms with Crippen molar-refractivity contribution >= 4 is 6.03 Å². The van der Waals surface area contributed by atoms with Gasteiger partial charge in [-0.2, -0.15) is 0 Å². The molecule has 0 aliphatic carbocycles. The topological polar surface area (TPSA) is 53.2 Å². The van der Waals surface area contributed by atoms with Crippen LogP contribution in [0.4, 0.5) is 4.79 Å². The summed E-state index contributed by atoms with van der Waals surface area (Å²) in [5.74, 6) is 1.18. The third kappa shape index (κ3) is 8.62. The molecule has 0 fully saturated rings. The van der Waals surface area contributed by atoms with Crippen molar-refractivity contribution in [3.8, 4) is 0 Å². The van der Waals surface area contributed by atoms with Gasteiger partial charge in [0.15, 0.2) is 0 Å². The molecule has 2 amide bonds. The lowest BCUT2D eigenvalue weighted by atomic mass is 9.82. The fourth-order valence-electron chi connectivity index (χ4n) is 3.15. The number of carbonyl (C=O) groups is 1. The standard InChI is InChI=1S/C18H39N3O/c1-6-10-12-15(8-3)17(19-5)16(9-4)14-21-18(22)20-13-11-7-2/h15-17,19H,6-14H2,1-5H3,(H2,20,21,22). The summed E-state index contributed by atoms with van der Waals surface area (Å²) < 4.78 is 0. The van der Waals surface area contributed by atoms with Gasteiger partial charge >= 0.3 is 6.03 Å². The molecular weight excluding hydrogens is 274 g/mol. The summed E-state index contributed by atoms with van der Waals surface area (Å²) in [5.41, 5.74) is 0. The Morgan fingerprint density at radius 1 is 0.909 bits per heavy atom.